The quantitative estimate of drug-likeness (QED) is 0.0181. The molecule has 108 heavy (non-hydrogen) atoms. The summed E-state index contributed by atoms with van der Waals surface area (Å²) < 4.78 is 128. The molecule has 0 amide bonds. The molecule has 0 radical (unpaired) electrons. The van der Waals surface area contributed by atoms with Crippen LogP contribution in [0, 0.1) is 6.92 Å². The molecular formula is C60H96N18O27P2S. The number of rotatable bonds is 34. The number of nitrogens with two attached hydrogens (primary N) is 4. The first-order valence-electron chi connectivity index (χ1n) is 33.5. The highest BCUT2D eigenvalue weighted by molar-refractivity contribution is 8.07. The van der Waals surface area contributed by atoms with Crippen LogP contribution in [0.3, 0.4) is 0 Å². The molecule has 0 bridgehead atoms. The number of hydrogen-bond donors (Lipinski definition) is 9. The summed E-state index contributed by atoms with van der Waals surface area (Å²) in [7, 11) is 10.6. The zero-order valence-electron chi connectivity index (χ0n) is 61.7. The molecule has 6 unspecified atom stereocenters. The molecule has 4 fully saturated rings. The summed E-state index contributed by atoms with van der Waals surface area (Å²) in [4.78, 5) is 104. The molecule has 13 N–H and O–H groups in total. The number of hydrogen-bond acceptors (Lipinski definition) is 37. The molecule has 4 saturated heterocycles. The van der Waals surface area contributed by atoms with E-state index in [1.54, 1.807) is 72.0 Å². The number of phosphoric acid groups is 1. The molecule has 604 valence electrons. The van der Waals surface area contributed by atoms with E-state index in [1.165, 1.54) is 42.3 Å². The SMILES string of the molecule is CC[C@H]1O[C@@H](n2cnc3c(=O)[nH]c(N)nc32)C(OCCOC)[C@H]1OP(=O)(O)OC.CC[C@H]1O[C@@H](n2cnc3c(=O)[nH]c(N)nc32)C(OCCOC)[C@H]1OP(O)(=S)OC.COCCOC1[C@@H](OC)[C@@H](COC)O[C@H]1n1cc(C)c(N)nc1=O.COCCOC1[C@@H](OC)[C@@H](COC)O[C@H]1n1cnc2c(=O)[nH]c(N)nc21. The van der Waals surface area contributed by atoms with Gasteiger partial charge in [-0.25, -0.2) is 24.3 Å². The van der Waals surface area contributed by atoms with Crippen LogP contribution in [0.15, 0.2) is 44.4 Å². The van der Waals surface area contributed by atoms with Crippen LogP contribution in [0.5, 0.6) is 0 Å². The van der Waals surface area contributed by atoms with Crippen molar-refractivity contribution < 1.29 is 108 Å². The molecule has 48 heteroatoms. The van der Waals surface area contributed by atoms with E-state index in [4.69, 9.17) is 124 Å². The summed E-state index contributed by atoms with van der Waals surface area (Å²) >= 11 is 5.01. The number of aryl methyl sites for hydroxylation is 1. The minimum absolute atomic E-state index is 0.00386. The fourth-order valence-corrected chi connectivity index (χ4v) is 13.7. The molecule has 0 aliphatic carbocycles. The van der Waals surface area contributed by atoms with Crippen molar-refractivity contribution in [3.8, 4) is 0 Å². The van der Waals surface area contributed by atoms with E-state index in [-0.39, 0.29) is 89.6 Å². The molecule has 11 heterocycles. The Morgan fingerprint density at radius 3 is 1.11 bits per heavy atom. The average molecular weight is 1600 g/mol. The van der Waals surface area contributed by atoms with E-state index in [0.717, 1.165) is 7.11 Å². The van der Waals surface area contributed by atoms with E-state index < -0.39 is 117 Å². The maximum Gasteiger partial charge on any atom is 0.472 e. The first kappa shape index (κ1) is 86.7. The van der Waals surface area contributed by atoms with Crippen molar-refractivity contribution in [2.24, 2.45) is 0 Å². The summed E-state index contributed by atoms with van der Waals surface area (Å²) in [5.41, 5.74) is 22.6. The van der Waals surface area contributed by atoms with Gasteiger partial charge in [-0.3, -0.25) is 61.2 Å². The summed E-state index contributed by atoms with van der Waals surface area (Å²) in [6.45, 7) is 5.20. The van der Waals surface area contributed by atoms with E-state index >= 15 is 0 Å². The van der Waals surface area contributed by atoms with Crippen LogP contribution in [-0.4, -0.2) is 288 Å². The lowest BCUT2D eigenvalue weighted by Gasteiger charge is -2.27. The Morgan fingerprint density at radius 1 is 0.463 bits per heavy atom. The predicted octanol–water partition coefficient (Wildman–Crippen LogP) is -0.521. The van der Waals surface area contributed by atoms with Gasteiger partial charge in [0.25, 0.3) is 16.7 Å². The second-order valence-corrected chi connectivity index (χ2v) is 28.4. The van der Waals surface area contributed by atoms with Crippen LogP contribution in [0.25, 0.3) is 33.5 Å². The van der Waals surface area contributed by atoms with Crippen LogP contribution in [-0.2, 0) is 110 Å². The second kappa shape index (κ2) is 40.4. The number of anilines is 4. The molecule has 11 rings (SSSR count). The number of nitrogen functional groups attached to an aromatic ring is 4. The predicted molar refractivity (Wildman–Crippen MR) is 383 cm³/mol. The Hall–Kier alpha value is -6.87. The Bertz CT molecular complexity index is 4210. The molecule has 0 aromatic carbocycles. The van der Waals surface area contributed by atoms with E-state index in [1.807, 2.05) is 13.8 Å². The number of nitrogens with zero attached hydrogens (tertiary/aromatic N) is 11. The number of phosphoric ester groups is 1. The van der Waals surface area contributed by atoms with Crippen LogP contribution in [0.2, 0.25) is 0 Å². The molecule has 0 spiro atoms. The van der Waals surface area contributed by atoms with E-state index in [9.17, 15) is 33.5 Å². The number of ether oxygens (including phenoxy) is 16. The first-order valence-corrected chi connectivity index (χ1v) is 37.6. The first-order chi connectivity index (χ1) is 51.7. The van der Waals surface area contributed by atoms with Gasteiger partial charge in [-0.05, 0) is 31.6 Å². The maximum atomic E-state index is 12.3. The van der Waals surface area contributed by atoms with Crippen molar-refractivity contribution in [2.45, 2.75) is 132 Å². The monoisotopic (exact) mass is 1590 g/mol. The summed E-state index contributed by atoms with van der Waals surface area (Å²) in [5, 5.41) is 0. The van der Waals surface area contributed by atoms with Gasteiger partial charge in [-0.15, -0.1) is 0 Å². The van der Waals surface area contributed by atoms with Gasteiger partial charge in [0.2, 0.25) is 17.8 Å². The molecule has 7 aromatic heterocycles. The van der Waals surface area contributed by atoms with Crippen molar-refractivity contribution in [2.75, 3.05) is 160 Å². The molecule has 0 saturated carbocycles. The number of aromatic nitrogens is 14. The van der Waals surface area contributed by atoms with Crippen molar-refractivity contribution >= 4 is 83.5 Å². The van der Waals surface area contributed by atoms with E-state index in [2.05, 4.69) is 54.4 Å². The normalized spacial score (nSPS) is 26.6. The Kier molecular flexibility index (Phi) is 32.4. The van der Waals surface area contributed by atoms with Gasteiger partial charge in [0, 0.05) is 82.9 Å². The smallest absolute Gasteiger partial charge is 0.383 e. The highest BCUT2D eigenvalue weighted by atomic mass is 32.5. The third kappa shape index (κ3) is 20.8. The highest BCUT2D eigenvalue weighted by Crippen LogP contribution is 2.51. The number of H-pyrrole nitrogens is 3. The molecule has 4 aliphatic heterocycles. The fraction of sp³-hybridized carbons (Fsp3) is 0.683. The standard InChI is InChI=1S/C15H24N5O8P.C15H24N5O7PS.C15H23N5O6.C15H25N3O6/c1-4-8-10(28-29(22,23)25-3)11(26-6-5-24-2)14(27-8)20-7-17-9-12(20)18-15(16)19-13(9)21;1-4-8-10(27-28(22,29)24-3)11(25-6-5-23-2)14(26-8)20-7-17-9-12(20)18-15(16)19-13(9)21;1-22-4-5-25-11-10(24-3)8(6-23-2)26-14(11)20-7-17-9-12(20)18-15(16)19-13(9)21;1-9-7-18(15(19)17-13(9)16)14-12(23-6-5-20-2)11(22-4)10(24-14)8-21-3/h7-8,10-11,14H,4-6H2,1-3H3,(H,22,23)(H3,16,18,19,21);7-8,10-11,14H,4-6H2,1-3H3,(H,22,29)(H3,16,18,19,21);7-8,10-11,14H,4-6H2,1-3H3,(H3,16,18,19,21);7,10-12,14H,5-6,8H2,1-4H3,(H2,16,17,19)/t8-,10+,11?,14-;8-,10+,11?,14-,28?;8-,10+,11?,14-;10-,11+,12?,14-/m1111/s1. The lowest BCUT2D eigenvalue weighted by atomic mass is 10.1. The van der Waals surface area contributed by atoms with Gasteiger partial charge < -0.3 is 113 Å². The maximum absolute atomic E-state index is 12.3. The van der Waals surface area contributed by atoms with E-state index in [0.29, 0.717) is 70.3 Å². The minimum atomic E-state index is -4.32. The molecule has 7 aromatic rings. The molecular weight excluding hydrogens is 1500 g/mol. The topological polar surface area (TPSA) is 572 Å². The van der Waals surface area contributed by atoms with Gasteiger partial charge in [0.05, 0.1) is 97.3 Å². The lowest BCUT2D eigenvalue weighted by Crippen LogP contribution is -2.40. The van der Waals surface area contributed by atoms with Gasteiger partial charge in [0.15, 0.2) is 58.4 Å². The fourth-order valence-electron chi connectivity index (χ4n) is 12.1. The van der Waals surface area contributed by atoms with Crippen LogP contribution >= 0.6 is 14.5 Å². The van der Waals surface area contributed by atoms with Crippen molar-refractivity contribution in [1.29, 1.82) is 0 Å². The zero-order chi connectivity index (χ0) is 78.7. The molecule has 18 atom stereocenters. The molecule has 45 nitrogen and oxygen atoms in total. The minimum Gasteiger partial charge on any atom is -0.383 e. The summed E-state index contributed by atoms with van der Waals surface area (Å²) in [6.07, 6.45) is -2.79. The lowest BCUT2D eigenvalue weighted by molar-refractivity contribution is -0.0851. The van der Waals surface area contributed by atoms with Crippen molar-refractivity contribution in [3.63, 3.8) is 0 Å². The number of fused-ring (bicyclic) bond motifs is 3. The zero-order valence-corrected chi connectivity index (χ0v) is 64.3. The Balaban J connectivity index is 0.000000182. The van der Waals surface area contributed by atoms with Crippen molar-refractivity contribution in [1.82, 2.24) is 68.1 Å². The van der Waals surface area contributed by atoms with Gasteiger partial charge >= 0.3 is 20.2 Å². The number of nitrogens with one attached hydrogen (secondary N) is 3. The highest BCUT2D eigenvalue weighted by Gasteiger charge is 2.53. The Morgan fingerprint density at radius 2 is 0.796 bits per heavy atom. The van der Waals surface area contributed by atoms with Gasteiger partial charge in [0.1, 0.15) is 66.9 Å². The number of methoxy groups -OCH3 is 8. The average Bonchev–Trinajstić information content (AvgIpc) is 1.63. The molecule has 4 aliphatic rings. The van der Waals surface area contributed by atoms with Gasteiger partial charge in [-0.1, -0.05) is 13.8 Å². The second-order valence-electron chi connectivity index (χ2n) is 24.0. The van der Waals surface area contributed by atoms with Crippen LogP contribution < -0.4 is 45.3 Å². The summed E-state index contributed by atoms with van der Waals surface area (Å²) in [6, 6.07) is 0. The van der Waals surface area contributed by atoms with Crippen LogP contribution in [0.1, 0.15) is 57.2 Å². The third-order valence-corrected chi connectivity index (χ3v) is 19.8. The largest absolute Gasteiger partial charge is 0.472 e. The van der Waals surface area contributed by atoms with Crippen molar-refractivity contribution in [3.05, 3.63) is 72.3 Å². The van der Waals surface area contributed by atoms with Crippen LogP contribution in [0.4, 0.5) is 23.7 Å². The summed E-state index contributed by atoms with van der Waals surface area (Å²) in [5.74, 6) is 0.0565. The number of aromatic amines is 3. The number of imidazole rings is 3. The Labute approximate surface area is 621 Å². The van der Waals surface area contributed by atoms with Gasteiger partial charge in [-0.2, -0.15) is 19.9 Å². The third-order valence-electron chi connectivity index (χ3n) is 17.1.